The molecule has 0 aliphatic heterocycles. The van der Waals surface area contributed by atoms with Crippen LogP contribution >= 0.6 is 0 Å². The van der Waals surface area contributed by atoms with Crippen molar-refractivity contribution in [3.8, 4) is 0 Å². The normalized spacial score (nSPS) is 12.7. The SMILES string of the molecule is CCCCCCC/C=C\CCCCCCCC(=O)OCCCCCCCCCCCCC(=O)NC(CO)C(O)CCCCCCCCCCCCCCCCCCCCCC. The van der Waals surface area contributed by atoms with E-state index in [2.05, 4.69) is 31.3 Å². The minimum absolute atomic E-state index is 0.0264. The lowest BCUT2D eigenvalue weighted by atomic mass is 10.0. The summed E-state index contributed by atoms with van der Waals surface area (Å²) in [5.74, 6) is -0.0819. The Morgan fingerprint density at radius 3 is 1.16 bits per heavy atom. The Labute approximate surface area is 380 Å². The van der Waals surface area contributed by atoms with Gasteiger partial charge in [0.2, 0.25) is 5.91 Å². The predicted octanol–water partition coefficient (Wildman–Crippen LogP) is 16.5. The average Bonchev–Trinajstić information content (AvgIpc) is 3.26. The third-order valence-corrected chi connectivity index (χ3v) is 12.8. The predicted molar refractivity (Wildman–Crippen MR) is 264 cm³/mol. The van der Waals surface area contributed by atoms with Crippen molar-refractivity contribution in [3.63, 3.8) is 0 Å². The quantitative estimate of drug-likeness (QED) is 0.0322. The van der Waals surface area contributed by atoms with Crippen molar-refractivity contribution in [2.75, 3.05) is 13.2 Å². The van der Waals surface area contributed by atoms with Gasteiger partial charge in [-0.3, -0.25) is 9.59 Å². The molecule has 3 N–H and O–H groups in total. The molecule has 0 rings (SSSR count). The number of allylic oxidation sites excluding steroid dienone is 2. The summed E-state index contributed by atoms with van der Waals surface area (Å²) < 4.78 is 5.45. The number of aliphatic hydroxyl groups is 2. The molecule has 0 aromatic heterocycles. The molecule has 0 radical (unpaired) electrons. The van der Waals surface area contributed by atoms with Crippen LogP contribution in [0.1, 0.15) is 303 Å². The summed E-state index contributed by atoms with van der Waals surface area (Å²) in [6.45, 7) is 4.91. The van der Waals surface area contributed by atoms with Crippen LogP contribution in [0.15, 0.2) is 12.2 Å². The number of rotatable bonds is 51. The molecule has 2 unspecified atom stereocenters. The van der Waals surface area contributed by atoms with Crippen LogP contribution in [0.2, 0.25) is 0 Å². The first kappa shape index (κ1) is 59.6. The zero-order valence-corrected chi connectivity index (χ0v) is 41.2. The zero-order chi connectivity index (χ0) is 44.4. The lowest BCUT2D eigenvalue weighted by Crippen LogP contribution is -2.45. The first-order valence-electron chi connectivity index (χ1n) is 27.4. The molecule has 2 atom stereocenters. The van der Waals surface area contributed by atoms with Crippen LogP contribution in [0.5, 0.6) is 0 Å². The molecule has 0 saturated carbocycles. The van der Waals surface area contributed by atoms with Gasteiger partial charge in [0.1, 0.15) is 0 Å². The fourth-order valence-electron chi connectivity index (χ4n) is 8.58. The Kier molecular flexibility index (Phi) is 50.1. The van der Waals surface area contributed by atoms with Crippen LogP contribution in [0.3, 0.4) is 0 Å². The van der Waals surface area contributed by atoms with Gasteiger partial charge >= 0.3 is 5.97 Å². The van der Waals surface area contributed by atoms with Crippen molar-refractivity contribution in [3.05, 3.63) is 12.2 Å². The van der Waals surface area contributed by atoms with Crippen LogP contribution in [-0.4, -0.2) is 47.4 Å². The monoisotopic (exact) mass is 862 g/mol. The Hall–Kier alpha value is -1.40. The van der Waals surface area contributed by atoms with Gasteiger partial charge in [-0.25, -0.2) is 0 Å². The van der Waals surface area contributed by atoms with Crippen LogP contribution in [0, 0.1) is 0 Å². The van der Waals surface area contributed by atoms with Gasteiger partial charge in [0, 0.05) is 12.8 Å². The molecule has 61 heavy (non-hydrogen) atoms. The van der Waals surface area contributed by atoms with Crippen LogP contribution in [0.25, 0.3) is 0 Å². The van der Waals surface area contributed by atoms with Crippen molar-refractivity contribution in [1.29, 1.82) is 0 Å². The van der Waals surface area contributed by atoms with Gasteiger partial charge in [0.05, 0.1) is 25.4 Å². The minimum Gasteiger partial charge on any atom is -0.466 e. The van der Waals surface area contributed by atoms with Gasteiger partial charge in [0.25, 0.3) is 0 Å². The number of hydrogen-bond donors (Lipinski definition) is 3. The number of unbranched alkanes of at least 4 members (excludes halogenated alkanes) is 38. The van der Waals surface area contributed by atoms with E-state index in [4.69, 9.17) is 4.74 Å². The maximum atomic E-state index is 12.5. The molecule has 0 bridgehead atoms. The van der Waals surface area contributed by atoms with E-state index in [0.29, 0.717) is 25.9 Å². The number of carbonyl (C=O) groups excluding carboxylic acids is 2. The molecule has 0 aliphatic rings. The molecule has 0 fully saturated rings. The number of hydrogen-bond acceptors (Lipinski definition) is 5. The smallest absolute Gasteiger partial charge is 0.305 e. The summed E-state index contributed by atoms with van der Waals surface area (Å²) in [4.78, 5) is 24.5. The molecule has 0 heterocycles. The fraction of sp³-hybridized carbons (Fsp3) is 0.927. The van der Waals surface area contributed by atoms with Crippen molar-refractivity contribution in [1.82, 2.24) is 5.32 Å². The van der Waals surface area contributed by atoms with E-state index in [9.17, 15) is 19.8 Å². The third-order valence-electron chi connectivity index (χ3n) is 12.8. The highest BCUT2D eigenvalue weighted by Gasteiger charge is 2.20. The summed E-state index contributed by atoms with van der Waals surface area (Å²) in [7, 11) is 0. The molecular formula is C55H107NO5. The Balaban J connectivity index is 3.47. The average molecular weight is 862 g/mol. The summed E-state index contributed by atoms with van der Waals surface area (Å²) in [6, 6.07) is -0.558. The minimum atomic E-state index is -0.679. The summed E-state index contributed by atoms with van der Waals surface area (Å²) >= 11 is 0. The van der Waals surface area contributed by atoms with E-state index in [1.54, 1.807) is 0 Å². The van der Waals surface area contributed by atoms with Gasteiger partial charge < -0.3 is 20.3 Å². The highest BCUT2D eigenvalue weighted by Crippen LogP contribution is 2.17. The fourth-order valence-corrected chi connectivity index (χ4v) is 8.58. The van der Waals surface area contributed by atoms with Gasteiger partial charge in [-0.1, -0.05) is 251 Å². The van der Waals surface area contributed by atoms with Crippen molar-refractivity contribution >= 4 is 11.9 Å². The molecule has 0 aromatic rings. The second-order valence-electron chi connectivity index (χ2n) is 18.9. The number of esters is 1. The van der Waals surface area contributed by atoms with Crippen LogP contribution < -0.4 is 5.32 Å². The highest BCUT2D eigenvalue weighted by molar-refractivity contribution is 5.76. The van der Waals surface area contributed by atoms with Crippen LogP contribution in [0.4, 0.5) is 0 Å². The van der Waals surface area contributed by atoms with E-state index < -0.39 is 12.1 Å². The Morgan fingerprint density at radius 2 is 0.770 bits per heavy atom. The first-order chi connectivity index (χ1) is 30.0. The van der Waals surface area contributed by atoms with Crippen molar-refractivity contribution in [2.45, 2.75) is 315 Å². The number of nitrogens with one attached hydrogen (secondary N) is 1. The molecule has 6 nitrogen and oxygen atoms in total. The largest absolute Gasteiger partial charge is 0.466 e. The second-order valence-corrected chi connectivity index (χ2v) is 18.9. The topological polar surface area (TPSA) is 95.9 Å². The molecule has 6 heteroatoms. The van der Waals surface area contributed by atoms with E-state index in [1.807, 2.05) is 0 Å². The molecule has 0 aromatic carbocycles. The Morgan fingerprint density at radius 1 is 0.443 bits per heavy atom. The standard InChI is InChI=1S/C55H107NO5/c1-3-5-7-9-11-13-15-17-19-20-21-22-23-24-25-27-31-35-39-43-47-53(58)52(51-57)56-54(59)48-44-40-36-32-29-30-34-38-42-46-50-61-55(60)49-45-41-37-33-28-26-18-16-14-12-10-8-6-4-2/h16,18,52-53,57-58H,3-15,17,19-51H2,1-2H3,(H,56,59)/b18-16-. The van der Waals surface area contributed by atoms with Gasteiger partial charge in [-0.2, -0.15) is 0 Å². The number of carbonyl (C=O) groups is 2. The van der Waals surface area contributed by atoms with Gasteiger partial charge in [-0.05, 0) is 51.4 Å². The van der Waals surface area contributed by atoms with Crippen molar-refractivity contribution < 1.29 is 24.5 Å². The van der Waals surface area contributed by atoms with E-state index in [-0.39, 0.29) is 18.5 Å². The molecule has 0 saturated heterocycles. The summed E-state index contributed by atoms with van der Waals surface area (Å²) in [6.07, 6.45) is 59.0. The Bertz CT molecular complexity index is 909. The van der Waals surface area contributed by atoms with Crippen molar-refractivity contribution in [2.24, 2.45) is 0 Å². The van der Waals surface area contributed by atoms with Gasteiger partial charge in [-0.15, -0.1) is 0 Å². The maximum Gasteiger partial charge on any atom is 0.305 e. The van der Waals surface area contributed by atoms with E-state index in [1.165, 1.54) is 212 Å². The number of aliphatic hydroxyl groups excluding tert-OH is 2. The summed E-state index contributed by atoms with van der Waals surface area (Å²) in [5.41, 5.74) is 0. The molecule has 362 valence electrons. The molecule has 1 amide bonds. The molecule has 0 spiro atoms. The lowest BCUT2D eigenvalue weighted by Gasteiger charge is -2.22. The molecular weight excluding hydrogens is 755 g/mol. The maximum absolute atomic E-state index is 12.5. The first-order valence-corrected chi connectivity index (χ1v) is 27.4. The lowest BCUT2D eigenvalue weighted by molar-refractivity contribution is -0.143. The number of ether oxygens (including phenoxy) is 1. The third kappa shape index (κ3) is 47.9. The van der Waals surface area contributed by atoms with Gasteiger partial charge in [0.15, 0.2) is 0 Å². The zero-order valence-electron chi connectivity index (χ0n) is 41.2. The highest BCUT2D eigenvalue weighted by atomic mass is 16.5. The summed E-state index contributed by atoms with van der Waals surface area (Å²) in [5, 5.41) is 23.3. The van der Waals surface area contributed by atoms with E-state index >= 15 is 0 Å². The second kappa shape index (κ2) is 51.2. The number of amides is 1. The van der Waals surface area contributed by atoms with E-state index in [0.717, 1.165) is 57.8 Å². The van der Waals surface area contributed by atoms with Crippen LogP contribution in [-0.2, 0) is 14.3 Å². The molecule has 0 aliphatic carbocycles.